The third kappa shape index (κ3) is 4.17. The second kappa shape index (κ2) is 8.26. The Labute approximate surface area is 186 Å². The van der Waals surface area contributed by atoms with Gasteiger partial charge in [0.2, 0.25) is 0 Å². The van der Waals surface area contributed by atoms with Crippen LogP contribution in [0.25, 0.3) is 11.3 Å². The number of aryl methyl sites for hydroxylation is 2. The molecular weight excluding hydrogens is 404 g/mol. The van der Waals surface area contributed by atoms with Crippen molar-refractivity contribution in [1.82, 2.24) is 30.6 Å². The molecule has 1 aliphatic carbocycles. The smallest absolute Gasteiger partial charge is 0.271 e. The van der Waals surface area contributed by atoms with Crippen LogP contribution >= 0.6 is 0 Å². The molecular formula is C24H28N6O2. The second-order valence-corrected chi connectivity index (χ2v) is 8.99. The molecule has 2 aromatic heterocycles. The van der Waals surface area contributed by atoms with E-state index in [0.717, 1.165) is 42.6 Å². The maximum atomic E-state index is 12.9. The number of carbonyl (C=O) groups is 2. The van der Waals surface area contributed by atoms with E-state index in [1.165, 1.54) is 11.1 Å². The Morgan fingerprint density at radius 3 is 2.47 bits per heavy atom. The first kappa shape index (κ1) is 20.5. The highest BCUT2D eigenvalue weighted by molar-refractivity contribution is 5.94. The van der Waals surface area contributed by atoms with E-state index in [2.05, 4.69) is 51.7 Å². The number of nitrogens with one attached hydrogen (secondary N) is 3. The number of hydrogen-bond acceptors (Lipinski definition) is 4. The third-order valence-corrected chi connectivity index (χ3v) is 6.58. The SMILES string of the molecule is Cc1ccc(-c2cc(C(=O)N3CCC(NC(=O)c4cc(C5CC5)[nH]n4)CC3)[nH]n2)cc1C. The minimum absolute atomic E-state index is 0.0421. The van der Waals surface area contributed by atoms with Crippen LogP contribution in [-0.4, -0.2) is 56.2 Å². The molecule has 0 radical (unpaired) electrons. The Morgan fingerprint density at radius 1 is 0.969 bits per heavy atom. The Kier molecular flexibility index (Phi) is 5.28. The maximum Gasteiger partial charge on any atom is 0.271 e. The summed E-state index contributed by atoms with van der Waals surface area (Å²) in [6.45, 7) is 5.33. The lowest BCUT2D eigenvalue weighted by atomic mass is 10.0. The molecule has 1 aromatic carbocycles. The Balaban J connectivity index is 1.16. The van der Waals surface area contributed by atoms with Crippen molar-refractivity contribution in [3.05, 3.63) is 58.5 Å². The summed E-state index contributed by atoms with van der Waals surface area (Å²) in [5.74, 6) is 0.333. The van der Waals surface area contributed by atoms with Crippen LogP contribution in [0.3, 0.4) is 0 Å². The summed E-state index contributed by atoms with van der Waals surface area (Å²) in [6.07, 6.45) is 3.77. The molecule has 2 fully saturated rings. The summed E-state index contributed by atoms with van der Waals surface area (Å²) in [4.78, 5) is 27.3. The van der Waals surface area contributed by atoms with E-state index in [4.69, 9.17) is 0 Å². The lowest BCUT2D eigenvalue weighted by Gasteiger charge is -2.31. The Hall–Kier alpha value is -3.42. The third-order valence-electron chi connectivity index (χ3n) is 6.58. The molecule has 32 heavy (non-hydrogen) atoms. The van der Waals surface area contributed by atoms with Gasteiger partial charge in [-0.2, -0.15) is 10.2 Å². The van der Waals surface area contributed by atoms with Gasteiger partial charge in [0.05, 0.1) is 5.69 Å². The Morgan fingerprint density at radius 2 is 1.75 bits per heavy atom. The minimum atomic E-state index is -0.149. The number of piperidine rings is 1. The molecule has 2 amide bonds. The lowest BCUT2D eigenvalue weighted by Crippen LogP contribution is -2.46. The molecule has 5 rings (SSSR count). The van der Waals surface area contributed by atoms with Gasteiger partial charge in [0, 0.05) is 36.3 Å². The highest BCUT2D eigenvalue weighted by Gasteiger charge is 2.29. The molecule has 2 aliphatic rings. The van der Waals surface area contributed by atoms with Crippen molar-refractivity contribution in [1.29, 1.82) is 0 Å². The first-order valence-electron chi connectivity index (χ1n) is 11.3. The van der Waals surface area contributed by atoms with Crippen molar-refractivity contribution in [2.75, 3.05) is 13.1 Å². The van der Waals surface area contributed by atoms with Crippen molar-refractivity contribution in [2.24, 2.45) is 0 Å². The van der Waals surface area contributed by atoms with Gasteiger partial charge in [0.25, 0.3) is 11.8 Å². The fourth-order valence-corrected chi connectivity index (χ4v) is 4.19. The number of H-pyrrole nitrogens is 2. The van der Waals surface area contributed by atoms with E-state index in [-0.39, 0.29) is 17.9 Å². The van der Waals surface area contributed by atoms with Crippen LogP contribution in [0.1, 0.15) is 69.4 Å². The van der Waals surface area contributed by atoms with Crippen LogP contribution in [0.15, 0.2) is 30.3 Å². The zero-order valence-electron chi connectivity index (χ0n) is 18.4. The van der Waals surface area contributed by atoms with E-state index in [0.29, 0.717) is 30.4 Å². The number of nitrogens with zero attached hydrogens (tertiary/aromatic N) is 3. The van der Waals surface area contributed by atoms with Gasteiger partial charge in [-0.1, -0.05) is 12.1 Å². The van der Waals surface area contributed by atoms with Gasteiger partial charge in [0.1, 0.15) is 11.4 Å². The van der Waals surface area contributed by atoms with Gasteiger partial charge in [-0.25, -0.2) is 0 Å². The maximum absolute atomic E-state index is 12.9. The van der Waals surface area contributed by atoms with Crippen molar-refractivity contribution in [3.63, 3.8) is 0 Å². The van der Waals surface area contributed by atoms with E-state index in [1.54, 1.807) is 0 Å². The minimum Gasteiger partial charge on any atom is -0.348 e. The van der Waals surface area contributed by atoms with Crippen molar-refractivity contribution < 1.29 is 9.59 Å². The first-order chi connectivity index (χ1) is 15.5. The molecule has 166 valence electrons. The molecule has 3 heterocycles. The predicted octanol–water partition coefficient (Wildman–Crippen LogP) is 3.33. The molecule has 0 bridgehead atoms. The average Bonchev–Trinajstić information content (AvgIpc) is 3.32. The van der Waals surface area contributed by atoms with E-state index in [1.807, 2.05) is 23.1 Å². The van der Waals surface area contributed by atoms with Crippen LogP contribution in [-0.2, 0) is 0 Å². The van der Waals surface area contributed by atoms with Gasteiger partial charge in [-0.05, 0) is 68.9 Å². The summed E-state index contributed by atoms with van der Waals surface area (Å²) in [5.41, 5.74) is 6.17. The quantitative estimate of drug-likeness (QED) is 0.575. The molecule has 1 saturated carbocycles. The van der Waals surface area contributed by atoms with Crippen molar-refractivity contribution in [2.45, 2.75) is 51.5 Å². The van der Waals surface area contributed by atoms with Crippen LogP contribution in [0.2, 0.25) is 0 Å². The predicted molar refractivity (Wildman–Crippen MR) is 120 cm³/mol. The van der Waals surface area contributed by atoms with E-state index >= 15 is 0 Å². The number of likely N-dealkylation sites (tertiary alicyclic amines) is 1. The summed E-state index contributed by atoms with van der Waals surface area (Å²) >= 11 is 0. The monoisotopic (exact) mass is 432 g/mol. The number of amides is 2. The first-order valence-corrected chi connectivity index (χ1v) is 11.3. The zero-order chi connectivity index (χ0) is 22.2. The van der Waals surface area contributed by atoms with Crippen LogP contribution < -0.4 is 5.32 Å². The van der Waals surface area contributed by atoms with Crippen molar-refractivity contribution >= 4 is 11.8 Å². The van der Waals surface area contributed by atoms with Crippen molar-refractivity contribution in [3.8, 4) is 11.3 Å². The molecule has 8 heteroatoms. The number of rotatable bonds is 5. The Bertz CT molecular complexity index is 1150. The van der Waals surface area contributed by atoms with Crippen LogP contribution in [0, 0.1) is 13.8 Å². The zero-order valence-corrected chi connectivity index (χ0v) is 18.4. The largest absolute Gasteiger partial charge is 0.348 e. The van der Waals surface area contributed by atoms with Gasteiger partial charge in [-0.15, -0.1) is 0 Å². The number of aromatic amines is 2. The summed E-state index contributed by atoms with van der Waals surface area (Å²) in [7, 11) is 0. The second-order valence-electron chi connectivity index (χ2n) is 8.99. The van der Waals surface area contributed by atoms with Gasteiger partial charge >= 0.3 is 0 Å². The number of hydrogen-bond donors (Lipinski definition) is 3. The topological polar surface area (TPSA) is 107 Å². The fraction of sp³-hybridized carbons (Fsp3) is 0.417. The lowest BCUT2D eigenvalue weighted by molar-refractivity contribution is 0.0692. The normalized spacial score (nSPS) is 16.9. The number of carbonyl (C=O) groups excluding carboxylic acids is 2. The molecule has 0 spiro atoms. The molecule has 3 aromatic rings. The summed E-state index contributed by atoms with van der Waals surface area (Å²) in [5, 5.41) is 17.4. The molecule has 1 aliphatic heterocycles. The molecule has 8 nitrogen and oxygen atoms in total. The van der Waals surface area contributed by atoms with Gasteiger partial charge in [0.15, 0.2) is 0 Å². The fourth-order valence-electron chi connectivity index (χ4n) is 4.19. The van der Waals surface area contributed by atoms with E-state index in [9.17, 15) is 9.59 Å². The standard InChI is InChI=1S/C24H28N6O2/c1-14-3-4-17(11-15(14)2)20-13-22(29-27-20)24(32)30-9-7-18(8-10-30)25-23(31)21-12-19(26-28-21)16-5-6-16/h3-4,11-13,16,18H,5-10H2,1-2H3,(H,25,31)(H,26,28)(H,27,29). The number of aromatic nitrogens is 4. The highest BCUT2D eigenvalue weighted by Crippen LogP contribution is 2.39. The van der Waals surface area contributed by atoms with Gasteiger partial charge < -0.3 is 10.2 Å². The molecule has 0 atom stereocenters. The molecule has 3 N–H and O–H groups in total. The summed E-state index contributed by atoms with van der Waals surface area (Å²) < 4.78 is 0. The van der Waals surface area contributed by atoms with E-state index < -0.39 is 0 Å². The highest BCUT2D eigenvalue weighted by atomic mass is 16.2. The average molecular weight is 433 g/mol. The van der Waals surface area contributed by atoms with Crippen LogP contribution in [0.5, 0.6) is 0 Å². The number of benzene rings is 1. The molecule has 1 saturated heterocycles. The summed E-state index contributed by atoms with van der Waals surface area (Å²) in [6, 6.07) is 9.89. The van der Waals surface area contributed by atoms with Crippen LogP contribution in [0.4, 0.5) is 0 Å². The molecule has 0 unspecified atom stereocenters. The van der Waals surface area contributed by atoms with Gasteiger partial charge in [-0.3, -0.25) is 19.8 Å².